The maximum absolute atomic E-state index is 12.1. The Labute approximate surface area is 126 Å². The highest BCUT2D eigenvalue weighted by atomic mass is 16.2. The van der Waals surface area contributed by atoms with Crippen molar-refractivity contribution >= 4 is 11.8 Å². The van der Waals surface area contributed by atoms with E-state index in [0.29, 0.717) is 5.92 Å². The monoisotopic (exact) mass is 291 g/mol. The van der Waals surface area contributed by atoms with Crippen LogP contribution in [0.15, 0.2) is 30.3 Å². The largest absolute Gasteiger partial charge is 0.369 e. The second kappa shape index (κ2) is 8.42. The molecule has 0 unspecified atom stereocenters. The fraction of sp³-hybridized carbons (Fsp3) is 0.500. The van der Waals surface area contributed by atoms with Gasteiger partial charge in [0.25, 0.3) is 0 Å². The molecule has 21 heavy (non-hydrogen) atoms. The van der Waals surface area contributed by atoms with Crippen LogP contribution in [0.1, 0.15) is 31.9 Å². The van der Waals surface area contributed by atoms with Gasteiger partial charge in [-0.15, -0.1) is 0 Å². The number of nitrogens with zero attached hydrogens (tertiary/aromatic N) is 1. The summed E-state index contributed by atoms with van der Waals surface area (Å²) < 4.78 is 0. The molecule has 0 aromatic heterocycles. The van der Waals surface area contributed by atoms with Gasteiger partial charge in [-0.25, -0.2) is 0 Å². The average Bonchev–Trinajstić information content (AvgIpc) is 2.37. The summed E-state index contributed by atoms with van der Waals surface area (Å²) in [6.07, 6.45) is 0.870. The average molecular weight is 291 g/mol. The van der Waals surface area contributed by atoms with Gasteiger partial charge in [-0.1, -0.05) is 44.2 Å². The third kappa shape index (κ3) is 6.90. The van der Waals surface area contributed by atoms with E-state index in [9.17, 15) is 9.59 Å². The number of nitrogens with two attached hydrogens (primary N) is 1. The smallest absolute Gasteiger partial charge is 0.234 e. The van der Waals surface area contributed by atoms with Gasteiger partial charge in [-0.2, -0.15) is 0 Å². The lowest BCUT2D eigenvalue weighted by Crippen LogP contribution is -2.40. The Hall–Kier alpha value is -1.88. The first-order valence-electron chi connectivity index (χ1n) is 7.19. The minimum atomic E-state index is -0.438. The third-order valence-electron chi connectivity index (χ3n) is 3.08. The molecule has 0 spiro atoms. The van der Waals surface area contributed by atoms with Crippen molar-refractivity contribution in [3.8, 4) is 0 Å². The molecule has 5 nitrogen and oxygen atoms in total. The van der Waals surface area contributed by atoms with E-state index in [1.54, 1.807) is 11.9 Å². The summed E-state index contributed by atoms with van der Waals surface area (Å²) in [6, 6.07) is 9.90. The van der Waals surface area contributed by atoms with Crippen molar-refractivity contribution in [2.24, 2.45) is 11.7 Å². The maximum atomic E-state index is 12.1. The summed E-state index contributed by atoms with van der Waals surface area (Å²) in [7, 11) is 1.70. The Bertz CT molecular complexity index is 460. The summed E-state index contributed by atoms with van der Waals surface area (Å²) in [5, 5.41) is 3.04. The molecule has 0 radical (unpaired) electrons. The Morgan fingerprint density at radius 1 is 1.19 bits per heavy atom. The van der Waals surface area contributed by atoms with Crippen LogP contribution in [0.4, 0.5) is 0 Å². The summed E-state index contributed by atoms with van der Waals surface area (Å²) >= 11 is 0. The lowest BCUT2D eigenvalue weighted by molar-refractivity contribution is -0.124. The summed E-state index contributed by atoms with van der Waals surface area (Å²) in [4.78, 5) is 24.5. The maximum Gasteiger partial charge on any atom is 0.234 e. The first kappa shape index (κ1) is 17.2. The molecule has 1 rings (SSSR count). The van der Waals surface area contributed by atoms with Crippen LogP contribution in [0.3, 0.4) is 0 Å². The lowest BCUT2D eigenvalue weighted by atomic mass is 9.97. The lowest BCUT2D eigenvalue weighted by Gasteiger charge is -2.23. The number of amides is 2. The second-order valence-electron chi connectivity index (χ2n) is 5.80. The van der Waals surface area contributed by atoms with Gasteiger partial charge >= 0.3 is 0 Å². The highest BCUT2D eigenvalue weighted by Crippen LogP contribution is 2.20. The van der Waals surface area contributed by atoms with Crippen molar-refractivity contribution < 1.29 is 9.59 Å². The van der Waals surface area contributed by atoms with Crippen LogP contribution < -0.4 is 11.1 Å². The zero-order valence-corrected chi connectivity index (χ0v) is 13.0. The van der Waals surface area contributed by atoms with Gasteiger partial charge in [-0.3, -0.25) is 14.5 Å². The molecule has 1 aromatic carbocycles. The van der Waals surface area contributed by atoms with Crippen LogP contribution in [0, 0.1) is 5.92 Å². The first-order chi connectivity index (χ1) is 9.88. The molecule has 1 aromatic rings. The van der Waals surface area contributed by atoms with Crippen molar-refractivity contribution in [1.29, 1.82) is 0 Å². The Balaban J connectivity index is 2.64. The Kier molecular flexibility index (Phi) is 6.88. The Morgan fingerprint density at radius 3 is 2.33 bits per heavy atom. The van der Waals surface area contributed by atoms with Crippen LogP contribution in [0.2, 0.25) is 0 Å². The van der Waals surface area contributed by atoms with E-state index in [1.165, 1.54) is 0 Å². The number of carbonyl (C=O) groups excluding carboxylic acids is 2. The van der Waals surface area contributed by atoms with Crippen molar-refractivity contribution in [2.75, 3.05) is 20.1 Å². The third-order valence-corrected chi connectivity index (χ3v) is 3.08. The topological polar surface area (TPSA) is 75.4 Å². The van der Waals surface area contributed by atoms with Gasteiger partial charge < -0.3 is 11.1 Å². The van der Waals surface area contributed by atoms with E-state index in [2.05, 4.69) is 19.2 Å². The van der Waals surface area contributed by atoms with Gasteiger partial charge in [0.1, 0.15) is 0 Å². The minimum absolute atomic E-state index is 0.0133. The molecule has 2 amide bonds. The molecule has 3 N–H and O–H groups in total. The van der Waals surface area contributed by atoms with Gasteiger partial charge in [0, 0.05) is 0 Å². The number of hydrogen-bond acceptors (Lipinski definition) is 3. The number of rotatable bonds is 8. The zero-order valence-electron chi connectivity index (χ0n) is 13.0. The molecule has 0 aliphatic heterocycles. The van der Waals surface area contributed by atoms with E-state index < -0.39 is 5.91 Å². The molecule has 0 fully saturated rings. The van der Waals surface area contributed by atoms with E-state index in [0.717, 1.165) is 12.0 Å². The van der Waals surface area contributed by atoms with Crippen LogP contribution in [-0.2, 0) is 9.59 Å². The van der Waals surface area contributed by atoms with Crippen LogP contribution in [0.5, 0.6) is 0 Å². The molecule has 0 aliphatic rings. The highest BCUT2D eigenvalue weighted by Gasteiger charge is 2.17. The van der Waals surface area contributed by atoms with Gasteiger partial charge in [-0.05, 0) is 24.9 Å². The van der Waals surface area contributed by atoms with Crippen LogP contribution >= 0.6 is 0 Å². The van der Waals surface area contributed by atoms with Gasteiger partial charge in [0.05, 0.1) is 19.1 Å². The predicted molar refractivity (Wildman–Crippen MR) is 83.5 cm³/mol. The number of hydrogen-bond donors (Lipinski definition) is 2. The fourth-order valence-electron chi connectivity index (χ4n) is 2.24. The number of carbonyl (C=O) groups is 2. The number of benzene rings is 1. The normalized spacial score (nSPS) is 12.4. The summed E-state index contributed by atoms with van der Waals surface area (Å²) in [6.45, 7) is 4.49. The molecule has 0 aliphatic carbocycles. The SMILES string of the molecule is CC(C)C[C@H](NC(=O)CN(C)CC(N)=O)c1ccccc1. The Morgan fingerprint density at radius 2 is 1.81 bits per heavy atom. The second-order valence-corrected chi connectivity index (χ2v) is 5.80. The van der Waals surface area contributed by atoms with E-state index >= 15 is 0 Å². The van der Waals surface area contributed by atoms with Crippen molar-refractivity contribution in [3.05, 3.63) is 35.9 Å². The predicted octanol–water partition coefficient (Wildman–Crippen LogP) is 1.31. The van der Waals surface area contributed by atoms with Crippen molar-refractivity contribution in [1.82, 2.24) is 10.2 Å². The van der Waals surface area contributed by atoms with Crippen LogP contribution in [0.25, 0.3) is 0 Å². The highest BCUT2D eigenvalue weighted by molar-refractivity contribution is 5.80. The molecule has 0 heterocycles. The molecule has 0 bridgehead atoms. The molecule has 0 saturated carbocycles. The number of primary amides is 1. The molecule has 5 heteroatoms. The summed E-state index contributed by atoms with van der Waals surface area (Å²) in [5.41, 5.74) is 6.21. The number of nitrogens with one attached hydrogen (secondary N) is 1. The van der Waals surface area contributed by atoms with Gasteiger partial charge in [0.15, 0.2) is 0 Å². The summed E-state index contributed by atoms with van der Waals surface area (Å²) in [5.74, 6) is -0.0702. The molecular formula is C16H25N3O2. The van der Waals surface area contributed by atoms with Crippen molar-refractivity contribution in [2.45, 2.75) is 26.3 Å². The number of likely N-dealkylation sites (N-methyl/N-ethyl adjacent to an activating group) is 1. The molecule has 0 saturated heterocycles. The minimum Gasteiger partial charge on any atom is -0.369 e. The van der Waals surface area contributed by atoms with E-state index in [1.807, 2.05) is 30.3 Å². The van der Waals surface area contributed by atoms with Crippen LogP contribution in [-0.4, -0.2) is 36.9 Å². The van der Waals surface area contributed by atoms with E-state index in [4.69, 9.17) is 5.73 Å². The van der Waals surface area contributed by atoms with Crippen molar-refractivity contribution in [3.63, 3.8) is 0 Å². The van der Waals surface area contributed by atoms with Gasteiger partial charge in [0.2, 0.25) is 11.8 Å². The molecule has 116 valence electrons. The quantitative estimate of drug-likeness (QED) is 0.758. The molecular weight excluding hydrogens is 266 g/mol. The first-order valence-corrected chi connectivity index (χ1v) is 7.19. The van der Waals surface area contributed by atoms with E-state index in [-0.39, 0.29) is 25.0 Å². The fourth-order valence-corrected chi connectivity index (χ4v) is 2.24. The molecule has 1 atom stereocenters. The zero-order chi connectivity index (χ0) is 15.8. The standard InChI is InChI=1S/C16H25N3O2/c1-12(2)9-14(13-7-5-4-6-8-13)18-16(21)11-19(3)10-15(17)20/h4-8,12,14H,9-11H2,1-3H3,(H2,17,20)(H,18,21)/t14-/m0/s1.